The van der Waals surface area contributed by atoms with Crippen molar-refractivity contribution in [1.82, 2.24) is 0 Å². The number of nitrogen functional groups attached to an aromatic ring is 1. The monoisotopic (exact) mass is 258 g/mol. The topological polar surface area (TPSA) is 29.3 Å². The summed E-state index contributed by atoms with van der Waals surface area (Å²) in [6.07, 6.45) is 0. The first kappa shape index (κ1) is 13.4. The van der Waals surface area contributed by atoms with Gasteiger partial charge in [0.2, 0.25) is 0 Å². The zero-order chi connectivity index (χ0) is 14.0. The molecule has 0 amide bonds. The van der Waals surface area contributed by atoms with Crippen molar-refractivity contribution >= 4 is 11.4 Å². The molecule has 0 aliphatic rings. The first-order valence-corrected chi connectivity index (χ1v) is 6.34. The molecule has 100 valence electrons. The fourth-order valence-electron chi connectivity index (χ4n) is 2.23. The summed E-state index contributed by atoms with van der Waals surface area (Å²) >= 11 is 0. The molecule has 19 heavy (non-hydrogen) atoms. The summed E-state index contributed by atoms with van der Waals surface area (Å²) in [6.45, 7) is 3.97. The maximum Gasteiger partial charge on any atom is 0.128 e. The van der Waals surface area contributed by atoms with Crippen LogP contribution in [0.3, 0.4) is 0 Å². The molecule has 2 rings (SSSR count). The van der Waals surface area contributed by atoms with Crippen LogP contribution in [0, 0.1) is 12.7 Å². The highest BCUT2D eigenvalue weighted by atomic mass is 19.1. The van der Waals surface area contributed by atoms with Crippen LogP contribution >= 0.6 is 0 Å². The van der Waals surface area contributed by atoms with Gasteiger partial charge in [-0.1, -0.05) is 24.3 Å². The second kappa shape index (κ2) is 5.31. The molecule has 0 aromatic heterocycles. The smallest absolute Gasteiger partial charge is 0.128 e. The Bertz CT molecular complexity index is 581. The number of aryl methyl sites for hydroxylation is 1. The predicted octanol–water partition coefficient (Wildman–Crippen LogP) is 3.91. The fraction of sp³-hybridized carbons (Fsp3) is 0.250. The number of hydrogen-bond acceptors (Lipinski definition) is 2. The molecule has 2 N–H and O–H groups in total. The lowest BCUT2D eigenvalue weighted by Crippen LogP contribution is -2.23. The summed E-state index contributed by atoms with van der Waals surface area (Å²) < 4.78 is 13.8. The molecule has 3 heteroatoms. The molecule has 0 spiro atoms. The highest BCUT2D eigenvalue weighted by Crippen LogP contribution is 2.31. The van der Waals surface area contributed by atoms with Crippen molar-refractivity contribution in [2.75, 3.05) is 17.7 Å². The van der Waals surface area contributed by atoms with E-state index in [9.17, 15) is 4.39 Å². The molecule has 0 aliphatic heterocycles. The first-order chi connectivity index (χ1) is 9.00. The van der Waals surface area contributed by atoms with Gasteiger partial charge in [-0.15, -0.1) is 0 Å². The van der Waals surface area contributed by atoms with Crippen molar-refractivity contribution in [3.63, 3.8) is 0 Å². The van der Waals surface area contributed by atoms with Crippen molar-refractivity contribution in [3.8, 4) is 0 Å². The largest absolute Gasteiger partial charge is 0.397 e. The van der Waals surface area contributed by atoms with E-state index >= 15 is 0 Å². The van der Waals surface area contributed by atoms with E-state index in [1.807, 2.05) is 50.1 Å². The average molecular weight is 258 g/mol. The Morgan fingerprint density at radius 2 is 1.84 bits per heavy atom. The second-order valence-electron chi connectivity index (χ2n) is 4.87. The lowest BCUT2D eigenvalue weighted by molar-refractivity contribution is 0.585. The summed E-state index contributed by atoms with van der Waals surface area (Å²) in [5, 5.41) is 0. The van der Waals surface area contributed by atoms with E-state index < -0.39 is 0 Å². The third kappa shape index (κ3) is 2.70. The van der Waals surface area contributed by atoms with Crippen LogP contribution in [-0.2, 0) is 0 Å². The van der Waals surface area contributed by atoms with Gasteiger partial charge in [-0.25, -0.2) is 4.39 Å². The van der Waals surface area contributed by atoms with Crippen LogP contribution in [0.5, 0.6) is 0 Å². The number of halogens is 1. The standard InChI is InChI=1S/C16H19FN2/c1-11-8-9-16(15(18)10-11)19(3)12(2)13-6-4-5-7-14(13)17/h4-10,12H,18H2,1-3H3. The van der Waals surface area contributed by atoms with E-state index in [0.29, 0.717) is 11.3 Å². The Morgan fingerprint density at radius 1 is 1.16 bits per heavy atom. The number of hydrogen-bond donors (Lipinski definition) is 1. The normalized spacial score (nSPS) is 12.2. The Morgan fingerprint density at radius 3 is 2.47 bits per heavy atom. The minimum absolute atomic E-state index is 0.0776. The molecule has 0 saturated heterocycles. The van der Waals surface area contributed by atoms with Gasteiger partial charge in [-0.3, -0.25) is 0 Å². The predicted molar refractivity (Wildman–Crippen MR) is 78.8 cm³/mol. The third-order valence-electron chi connectivity index (χ3n) is 3.50. The molecular weight excluding hydrogens is 239 g/mol. The molecule has 2 aromatic carbocycles. The Kier molecular flexibility index (Phi) is 3.74. The molecule has 0 bridgehead atoms. The number of anilines is 2. The van der Waals surface area contributed by atoms with E-state index in [1.165, 1.54) is 6.07 Å². The zero-order valence-corrected chi connectivity index (χ0v) is 11.5. The average Bonchev–Trinajstić information content (AvgIpc) is 2.38. The molecule has 1 atom stereocenters. The lowest BCUT2D eigenvalue weighted by atomic mass is 10.1. The number of rotatable bonds is 3. The van der Waals surface area contributed by atoms with Gasteiger partial charge in [0.25, 0.3) is 0 Å². The Labute approximate surface area is 113 Å². The van der Waals surface area contributed by atoms with Gasteiger partial charge in [0.15, 0.2) is 0 Å². The minimum atomic E-state index is -0.187. The number of nitrogens with zero attached hydrogens (tertiary/aromatic N) is 1. The van der Waals surface area contributed by atoms with Gasteiger partial charge in [0.05, 0.1) is 17.4 Å². The van der Waals surface area contributed by atoms with Crippen LogP contribution in [-0.4, -0.2) is 7.05 Å². The van der Waals surface area contributed by atoms with Crippen LogP contribution in [0.4, 0.5) is 15.8 Å². The SMILES string of the molecule is Cc1ccc(N(C)C(C)c2ccccc2F)c(N)c1. The second-order valence-corrected chi connectivity index (χ2v) is 4.87. The van der Waals surface area contributed by atoms with E-state index in [-0.39, 0.29) is 11.9 Å². The van der Waals surface area contributed by atoms with Crippen LogP contribution in [0.25, 0.3) is 0 Å². The highest BCUT2D eigenvalue weighted by Gasteiger charge is 2.17. The van der Waals surface area contributed by atoms with Crippen molar-refractivity contribution in [2.45, 2.75) is 19.9 Å². The molecule has 2 aromatic rings. The van der Waals surface area contributed by atoms with E-state index in [1.54, 1.807) is 12.1 Å². The fourth-order valence-corrected chi connectivity index (χ4v) is 2.23. The van der Waals surface area contributed by atoms with Gasteiger partial charge in [-0.2, -0.15) is 0 Å². The molecule has 1 unspecified atom stereocenters. The molecule has 0 radical (unpaired) electrons. The molecule has 0 saturated carbocycles. The van der Waals surface area contributed by atoms with Crippen LogP contribution in [0.1, 0.15) is 24.1 Å². The summed E-state index contributed by atoms with van der Waals surface area (Å²) in [4.78, 5) is 1.99. The maximum atomic E-state index is 13.8. The first-order valence-electron chi connectivity index (χ1n) is 6.34. The molecule has 0 heterocycles. The van der Waals surface area contributed by atoms with E-state index in [0.717, 1.165) is 11.3 Å². The highest BCUT2D eigenvalue weighted by molar-refractivity contribution is 5.68. The molecule has 2 nitrogen and oxygen atoms in total. The molecular formula is C16H19FN2. The van der Waals surface area contributed by atoms with Gasteiger partial charge >= 0.3 is 0 Å². The molecule has 0 aliphatic carbocycles. The lowest BCUT2D eigenvalue weighted by Gasteiger charge is -2.29. The van der Waals surface area contributed by atoms with Gasteiger partial charge in [0, 0.05) is 12.6 Å². The third-order valence-corrected chi connectivity index (χ3v) is 3.50. The van der Waals surface area contributed by atoms with Crippen molar-refractivity contribution < 1.29 is 4.39 Å². The number of nitrogens with two attached hydrogens (primary N) is 1. The molecule has 0 fully saturated rings. The summed E-state index contributed by atoms with van der Waals surface area (Å²) in [6, 6.07) is 12.7. The summed E-state index contributed by atoms with van der Waals surface area (Å²) in [7, 11) is 1.93. The van der Waals surface area contributed by atoms with Gasteiger partial charge in [-0.05, 0) is 37.6 Å². The van der Waals surface area contributed by atoms with Crippen LogP contribution in [0.15, 0.2) is 42.5 Å². The van der Waals surface area contributed by atoms with E-state index in [4.69, 9.17) is 5.73 Å². The minimum Gasteiger partial charge on any atom is -0.397 e. The Hall–Kier alpha value is -2.03. The van der Waals surface area contributed by atoms with E-state index in [2.05, 4.69) is 0 Å². The quantitative estimate of drug-likeness (QED) is 0.846. The zero-order valence-electron chi connectivity index (χ0n) is 11.5. The van der Waals surface area contributed by atoms with Crippen molar-refractivity contribution in [1.29, 1.82) is 0 Å². The maximum absolute atomic E-state index is 13.8. The van der Waals surface area contributed by atoms with Gasteiger partial charge < -0.3 is 10.6 Å². The van der Waals surface area contributed by atoms with Gasteiger partial charge in [0.1, 0.15) is 5.82 Å². The van der Waals surface area contributed by atoms with Crippen LogP contribution < -0.4 is 10.6 Å². The van der Waals surface area contributed by atoms with Crippen LogP contribution in [0.2, 0.25) is 0 Å². The Balaban J connectivity index is 2.33. The van der Waals surface area contributed by atoms with Crippen molar-refractivity contribution in [2.24, 2.45) is 0 Å². The number of benzene rings is 2. The van der Waals surface area contributed by atoms with Crippen molar-refractivity contribution in [3.05, 3.63) is 59.4 Å². The summed E-state index contributed by atoms with van der Waals surface area (Å²) in [5.41, 5.74) is 9.46. The summed E-state index contributed by atoms with van der Waals surface area (Å²) in [5.74, 6) is -0.187.